The van der Waals surface area contributed by atoms with Crippen LogP contribution in [0.2, 0.25) is 0 Å². The molecule has 0 aliphatic heterocycles. The molecule has 1 aromatic carbocycles. The second-order valence-corrected chi connectivity index (χ2v) is 8.69. The number of Topliss-reactive ketones (excluding diaryl/α,β-unsaturated/α-hetero) is 2. The molecule has 0 heterocycles. The SMILES string of the molecule is CCN[C@@H]1C(O)=C(C(N)=O)C(=O)C2(O)C(O)=C3C(=O)c4c(O)cccc4C(C)(O)C3C(O)C12. The molecule has 11 heteroatoms. The Labute approximate surface area is 187 Å². The third-order valence-corrected chi connectivity index (χ3v) is 6.94. The molecule has 3 aliphatic rings. The van der Waals surface area contributed by atoms with Crippen LogP contribution < -0.4 is 11.1 Å². The topological polar surface area (TPSA) is 211 Å². The van der Waals surface area contributed by atoms with Crippen LogP contribution in [0, 0.1) is 11.8 Å². The molecule has 9 N–H and O–H groups in total. The zero-order chi connectivity index (χ0) is 24.6. The normalized spacial score (nSPS) is 35.8. The Hall–Kier alpha value is -3.25. The first kappa shape index (κ1) is 22.9. The van der Waals surface area contributed by atoms with Crippen molar-refractivity contribution in [3.63, 3.8) is 0 Å². The maximum atomic E-state index is 13.3. The van der Waals surface area contributed by atoms with Crippen LogP contribution in [0.5, 0.6) is 5.75 Å². The standard InChI is InChI=1S/C22H24N2O9/c1-3-24-14-13-17(28)12-10(15(26)9-7(21(12,2)32)5-4-6-8(9)25)18(29)22(13,33)19(30)11(16(14)27)20(23)31/h4-6,12-14,17,24-25,27-29,32-33H,3H2,1-2H3,(H2,23,31)/t12?,13?,14-,17?,21?,22?/m0/s1. The van der Waals surface area contributed by atoms with E-state index in [-0.39, 0.29) is 17.7 Å². The van der Waals surface area contributed by atoms with Gasteiger partial charge in [-0.1, -0.05) is 19.1 Å². The summed E-state index contributed by atoms with van der Waals surface area (Å²) in [6.07, 6.45) is -1.88. The van der Waals surface area contributed by atoms with E-state index in [1.165, 1.54) is 25.1 Å². The van der Waals surface area contributed by atoms with E-state index in [1.54, 1.807) is 6.92 Å². The number of nitrogens with two attached hydrogens (primary N) is 1. The van der Waals surface area contributed by atoms with Gasteiger partial charge in [-0.05, 0) is 25.1 Å². The quantitative estimate of drug-likeness (QED) is 0.253. The van der Waals surface area contributed by atoms with E-state index in [9.17, 15) is 45.0 Å². The molecule has 33 heavy (non-hydrogen) atoms. The molecule has 176 valence electrons. The van der Waals surface area contributed by atoms with Gasteiger partial charge in [-0.15, -0.1) is 0 Å². The molecule has 5 unspecified atom stereocenters. The summed E-state index contributed by atoms with van der Waals surface area (Å²) in [5.74, 6) is -9.70. The molecule has 6 atom stereocenters. The predicted octanol–water partition coefficient (Wildman–Crippen LogP) is -1.20. The smallest absolute Gasteiger partial charge is 0.255 e. The van der Waals surface area contributed by atoms with Gasteiger partial charge < -0.3 is 41.7 Å². The fourth-order valence-electron chi connectivity index (χ4n) is 5.51. The summed E-state index contributed by atoms with van der Waals surface area (Å²) in [7, 11) is 0. The van der Waals surface area contributed by atoms with Gasteiger partial charge in [-0.25, -0.2) is 0 Å². The number of hydrogen-bond donors (Lipinski definition) is 8. The van der Waals surface area contributed by atoms with Gasteiger partial charge in [0.2, 0.25) is 5.78 Å². The first-order valence-electron chi connectivity index (χ1n) is 10.3. The molecular formula is C22H24N2O9. The fraction of sp³-hybridized carbons (Fsp3) is 0.409. The average molecular weight is 460 g/mol. The van der Waals surface area contributed by atoms with Crippen molar-refractivity contribution in [3.05, 3.63) is 52.0 Å². The minimum absolute atomic E-state index is 0.0294. The first-order valence-corrected chi connectivity index (χ1v) is 10.3. The molecule has 11 nitrogen and oxygen atoms in total. The van der Waals surface area contributed by atoms with E-state index >= 15 is 0 Å². The molecule has 0 saturated heterocycles. The Morgan fingerprint density at radius 2 is 1.82 bits per heavy atom. The van der Waals surface area contributed by atoms with Crippen LogP contribution in [0.15, 0.2) is 40.9 Å². The number of phenolic OH excluding ortho intramolecular Hbond substituents is 1. The second-order valence-electron chi connectivity index (χ2n) is 8.69. The third-order valence-electron chi connectivity index (χ3n) is 6.94. The van der Waals surface area contributed by atoms with E-state index in [2.05, 4.69) is 5.32 Å². The van der Waals surface area contributed by atoms with Crippen molar-refractivity contribution < 1.29 is 45.0 Å². The van der Waals surface area contributed by atoms with Crippen molar-refractivity contribution >= 4 is 17.5 Å². The highest BCUT2D eigenvalue weighted by Crippen LogP contribution is 2.56. The molecule has 0 saturated carbocycles. The Kier molecular flexibility index (Phi) is 4.95. The minimum Gasteiger partial charge on any atom is -0.510 e. The Balaban J connectivity index is 2.08. The van der Waals surface area contributed by atoms with Gasteiger partial charge in [-0.2, -0.15) is 0 Å². The predicted molar refractivity (Wildman–Crippen MR) is 111 cm³/mol. The summed E-state index contributed by atoms with van der Waals surface area (Å²) >= 11 is 0. The third kappa shape index (κ3) is 2.67. The molecular weight excluding hydrogens is 436 g/mol. The molecule has 0 fully saturated rings. The molecule has 0 bridgehead atoms. The number of aliphatic hydroxyl groups excluding tert-OH is 3. The lowest BCUT2D eigenvalue weighted by atomic mass is 9.54. The van der Waals surface area contributed by atoms with Crippen LogP contribution >= 0.6 is 0 Å². The fourth-order valence-corrected chi connectivity index (χ4v) is 5.51. The first-order chi connectivity index (χ1) is 15.3. The van der Waals surface area contributed by atoms with Crippen molar-refractivity contribution in [3.8, 4) is 5.75 Å². The molecule has 0 radical (unpaired) electrons. The van der Waals surface area contributed by atoms with Gasteiger partial charge in [0.1, 0.15) is 22.8 Å². The van der Waals surface area contributed by atoms with Crippen molar-refractivity contribution in [2.24, 2.45) is 17.6 Å². The number of carbonyl (C=O) groups is 3. The van der Waals surface area contributed by atoms with Crippen molar-refractivity contribution in [1.29, 1.82) is 0 Å². The lowest BCUT2D eigenvalue weighted by Crippen LogP contribution is -2.70. The lowest BCUT2D eigenvalue weighted by molar-refractivity contribution is -0.168. The van der Waals surface area contributed by atoms with E-state index in [0.29, 0.717) is 0 Å². The lowest BCUT2D eigenvalue weighted by Gasteiger charge is -2.54. The number of likely N-dealkylation sites (N-methyl/N-ethyl adjacent to an activating group) is 1. The monoisotopic (exact) mass is 460 g/mol. The summed E-state index contributed by atoms with van der Waals surface area (Å²) in [6.45, 7) is 3.01. The number of nitrogens with one attached hydrogen (secondary N) is 1. The zero-order valence-corrected chi connectivity index (χ0v) is 17.7. The highest BCUT2D eigenvalue weighted by atomic mass is 16.4. The summed E-state index contributed by atoms with van der Waals surface area (Å²) in [6, 6.07) is 2.50. The molecule has 3 aliphatic carbocycles. The number of benzene rings is 1. The largest absolute Gasteiger partial charge is 0.510 e. The van der Waals surface area contributed by atoms with Crippen LogP contribution in [0.1, 0.15) is 29.8 Å². The van der Waals surface area contributed by atoms with Crippen LogP contribution in [0.3, 0.4) is 0 Å². The van der Waals surface area contributed by atoms with E-state index in [1.807, 2.05) is 0 Å². The maximum absolute atomic E-state index is 13.3. The Morgan fingerprint density at radius 1 is 1.18 bits per heavy atom. The maximum Gasteiger partial charge on any atom is 0.255 e. The summed E-state index contributed by atoms with van der Waals surface area (Å²) in [4.78, 5) is 38.4. The zero-order valence-electron chi connectivity index (χ0n) is 17.7. The van der Waals surface area contributed by atoms with Crippen LogP contribution in [-0.2, 0) is 15.2 Å². The highest BCUT2D eigenvalue weighted by Gasteiger charge is 2.68. The highest BCUT2D eigenvalue weighted by molar-refractivity contribution is 6.25. The number of amides is 1. The van der Waals surface area contributed by atoms with E-state index in [0.717, 1.165) is 0 Å². The number of ketones is 2. The van der Waals surface area contributed by atoms with Crippen molar-refractivity contribution in [2.45, 2.75) is 37.2 Å². The van der Waals surface area contributed by atoms with E-state index < -0.39 is 81.1 Å². The number of fused-ring (bicyclic) bond motifs is 3. The molecule has 0 spiro atoms. The van der Waals surface area contributed by atoms with Gasteiger partial charge in [0, 0.05) is 0 Å². The molecule has 4 rings (SSSR count). The van der Waals surface area contributed by atoms with Crippen LogP contribution in [0.25, 0.3) is 0 Å². The van der Waals surface area contributed by atoms with Crippen LogP contribution in [-0.4, -0.2) is 72.4 Å². The Bertz CT molecular complexity index is 1170. The summed E-state index contributed by atoms with van der Waals surface area (Å²) in [5, 5.41) is 69.0. The number of phenols is 1. The number of hydrogen-bond acceptors (Lipinski definition) is 10. The Morgan fingerprint density at radius 3 is 2.39 bits per heavy atom. The van der Waals surface area contributed by atoms with Crippen molar-refractivity contribution in [2.75, 3.05) is 6.54 Å². The second kappa shape index (κ2) is 7.12. The van der Waals surface area contributed by atoms with Gasteiger partial charge in [0.15, 0.2) is 11.4 Å². The van der Waals surface area contributed by atoms with Gasteiger partial charge in [0.25, 0.3) is 5.91 Å². The summed E-state index contributed by atoms with van der Waals surface area (Å²) < 4.78 is 0. The van der Waals surface area contributed by atoms with Gasteiger partial charge in [-0.3, -0.25) is 14.4 Å². The number of aliphatic hydroxyl groups is 5. The summed E-state index contributed by atoms with van der Waals surface area (Å²) in [5.41, 5.74) is -1.91. The average Bonchev–Trinajstić information content (AvgIpc) is 2.72. The van der Waals surface area contributed by atoms with E-state index in [4.69, 9.17) is 5.73 Å². The molecule has 1 aromatic rings. The number of carbonyl (C=O) groups excluding carboxylic acids is 3. The molecule has 0 aromatic heterocycles. The van der Waals surface area contributed by atoms with Gasteiger partial charge >= 0.3 is 0 Å². The molecule has 1 amide bonds. The number of primary amides is 1. The van der Waals surface area contributed by atoms with Crippen molar-refractivity contribution in [1.82, 2.24) is 5.32 Å². The number of aromatic hydroxyl groups is 1. The number of rotatable bonds is 3. The minimum atomic E-state index is -3.03. The van der Waals surface area contributed by atoms with Crippen LogP contribution in [0.4, 0.5) is 0 Å². The van der Waals surface area contributed by atoms with Gasteiger partial charge in [0.05, 0.1) is 40.7 Å².